The maximum absolute atomic E-state index is 12.4. The molecule has 2 aliphatic rings. The number of anilines is 2. The first-order valence-corrected chi connectivity index (χ1v) is 10.6. The SMILES string of the molecule is Cc1ccc(N2CC(C(=O)OCC(=O)Nc3ccccc3C(=O)NC3CC3)CC2=O)cc1. The lowest BCUT2D eigenvalue weighted by molar-refractivity contribution is -0.151. The van der Waals surface area contributed by atoms with Crippen LogP contribution < -0.4 is 15.5 Å². The van der Waals surface area contributed by atoms with Crippen LogP contribution in [0.25, 0.3) is 0 Å². The summed E-state index contributed by atoms with van der Waals surface area (Å²) in [6.07, 6.45) is 1.96. The van der Waals surface area contributed by atoms with Crippen molar-refractivity contribution in [2.24, 2.45) is 5.92 Å². The molecule has 1 aliphatic heterocycles. The van der Waals surface area contributed by atoms with Gasteiger partial charge in [0.2, 0.25) is 5.91 Å². The van der Waals surface area contributed by atoms with Gasteiger partial charge in [-0.2, -0.15) is 0 Å². The zero-order valence-electron chi connectivity index (χ0n) is 17.8. The molecule has 1 saturated carbocycles. The highest BCUT2D eigenvalue weighted by atomic mass is 16.5. The van der Waals surface area contributed by atoms with Gasteiger partial charge in [-0.25, -0.2) is 0 Å². The smallest absolute Gasteiger partial charge is 0.311 e. The molecule has 2 aromatic carbocycles. The van der Waals surface area contributed by atoms with Crippen LogP contribution in [0.2, 0.25) is 0 Å². The number of nitrogens with one attached hydrogen (secondary N) is 2. The molecule has 1 saturated heterocycles. The summed E-state index contributed by atoms with van der Waals surface area (Å²) in [5, 5.41) is 5.51. The van der Waals surface area contributed by atoms with Gasteiger partial charge in [0.05, 0.1) is 17.2 Å². The van der Waals surface area contributed by atoms with Gasteiger partial charge in [0.1, 0.15) is 0 Å². The number of aryl methyl sites for hydroxylation is 1. The summed E-state index contributed by atoms with van der Waals surface area (Å²) in [6, 6.07) is 14.4. The molecule has 2 N–H and O–H groups in total. The van der Waals surface area contributed by atoms with Crippen LogP contribution >= 0.6 is 0 Å². The molecular formula is C24H25N3O5. The van der Waals surface area contributed by atoms with Gasteiger partial charge in [-0.05, 0) is 44.0 Å². The van der Waals surface area contributed by atoms with Crippen molar-refractivity contribution in [1.82, 2.24) is 5.32 Å². The molecule has 1 heterocycles. The first-order valence-electron chi connectivity index (χ1n) is 10.6. The van der Waals surface area contributed by atoms with Crippen LogP contribution in [-0.2, 0) is 19.1 Å². The van der Waals surface area contributed by atoms with Crippen LogP contribution in [0.5, 0.6) is 0 Å². The van der Waals surface area contributed by atoms with Crippen molar-refractivity contribution >= 4 is 35.1 Å². The van der Waals surface area contributed by atoms with E-state index in [2.05, 4.69) is 10.6 Å². The van der Waals surface area contributed by atoms with Crippen LogP contribution in [0.4, 0.5) is 11.4 Å². The van der Waals surface area contributed by atoms with Gasteiger partial charge in [-0.1, -0.05) is 29.8 Å². The molecule has 3 amide bonds. The van der Waals surface area contributed by atoms with Gasteiger partial charge >= 0.3 is 5.97 Å². The Morgan fingerprint density at radius 1 is 1.06 bits per heavy atom. The van der Waals surface area contributed by atoms with Gasteiger partial charge in [-0.15, -0.1) is 0 Å². The summed E-state index contributed by atoms with van der Waals surface area (Å²) >= 11 is 0. The minimum absolute atomic E-state index is 0.0402. The largest absolute Gasteiger partial charge is 0.455 e. The lowest BCUT2D eigenvalue weighted by atomic mass is 10.1. The summed E-state index contributed by atoms with van der Waals surface area (Å²) in [5.41, 5.74) is 2.52. The topological polar surface area (TPSA) is 105 Å². The molecule has 2 aromatic rings. The molecule has 32 heavy (non-hydrogen) atoms. The van der Waals surface area contributed by atoms with E-state index >= 15 is 0 Å². The average molecular weight is 435 g/mol. The molecule has 0 radical (unpaired) electrons. The Morgan fingerprint density at radius 2 is 1.78 bits per heavy atom. The molecule has 166 valence electrons. The molecule has 8 nitrogen and oxygen atoms in total. The molecular weight excluding hydrogens is 410 g/mol. The third kappa shape index (κ3) is 5.14. The molecule has 1 unspecified atom stereocenters. The standard InChI is InChI=1S/C24H25N3O5/c1-15-6-10-18(11-7-15)27-13-16(12-22(27)29)24(31)32-14-21(28)26-20-5-3-2-4-19(20)23(30)25-17-8-9-17/h2-7,10-11,16-17H,8-9,12-14H2,1H3,(H,25,30)(H,26,28). The zero-order valence-corrected chi connectivity index (χ0v) is 17.8. The van der Waals surface area contributed by atoms with E-state index in [1.807, 2.05) is 31.2 Å². The summed E-state index contributed by atoms with van der Waals surface area (Å²) in [5.74, 6) is -2.18. The van der Waals surface area contributed by atoms with Crippen molar-refractivity contribution in [3.8, 4) is 0 Å². The van der Waals surface area contributed by atoms with E-state index < -0.39 is 24.4 Å². The Morgan fingerprint density at radius 3 is 2.50 bits per heavy atom. The maximum Gasteiger partial charge on any atom is 0.311 e. The van der Waals surface area contributed by atoms with Gasteiger partial charge in [0.25, 0.3) is 11.8 Å². The highest BCUT2D eigenvalue weighted by Crippen LogP contribution is 2.26. The van der Waals surface area contributed by atoms with E-state index in [-0.39, 0.29) is 30.8 Å². The van der Waals surface area contributed by atoms with E-state index in [0.717, 1.165) is 24.1 Å². The van der Waals surface area contributed by atoms with Gasteiger partial charge < -0.3 is 20.3 Å². The Labute approximate surface area is 185 Å². The molecule has 0 spiro atoms. The third-order valence-electron chi connectivity index (χ3n) is 5.51. The van der Waals surface area contributed by atoms with Crippen LogP contribution in [0.3, 0.4) is 0 Å². The number of hydrogen-bond acceptors (Lipinski definition) is 5. The number of nitrogens with zero attached hydrogens (tertiary/aromatic N) is 1. The number of benzene rings is 2. The Bertz CT molecular complexity index is 1050. The molecule has 1 aliphatic carbocycles. The van der Waals surface area contributed by atoms with Crippen molar-refractivity contribution in [1.29, 1.82) is 0 Å². The number of rotatable bonds is 7. The second kappa shape index (κ2) is 9.21. The second-order valence-electron chi connectivity index (χ2n) is 8.19. The first-order chi connectivity index (χ1) is 15.4. The van der Waals surface area contributed by atoms with Gasteiger partial charge in [0, 0.05) is 24.7 Å². The third-order valence-corrected chi connectivity index (χ3v) is 5.51. The van der Waals surface area contributed by atoms with Gasteiger partial charge in [0.15, 0.2) is 6.61 Å². The predicted molar refractivity (Wildman–Crippen MR) is 118 cm³/mol. The maximum atomic E-state index is 12.4. The number of esters is 1. The van der Waals surface area contributed by atoms with E-state index in [4.69, 9.17) is 4.74 Å². The average Bonchev–Trinajstić information content (AvgIpc) is 3.51. The minimum Gasteiger partial charge on any atom is -0.455 e. The summed E-state index contributed by atoms with van der Waals surface area (Å²) in [6.45, 7) is 1.68. The molecule has 8 heteroatoms. The van der Waals surface area contributed by atoms with E-state index in [1.54, 1.807) is 29.2 Å². The van der Waals surface area contributed by atoms with Crippen LogP contribution in [0.1, 0.15) is 35.2 Å². The minimum atomic E-state index is -0.631. The molecule has 1 atom stereocenters. The van der Waals surface area contributed by atoms with Gasteiger partial charge in [-0.3, -0.25) is 19.2 Å². The van der Waals surface area contributed by atoms with Crippen LogP contribution in [0, 0.1) is 12.8 Å². The summed E-state index contributed by atoms with van der Waals surface area (Å²) in [7, 11) is 0. The fourth-order valence-electron chi connectivity index (χ4n) is 3.56. The normalized spacial score (nSPS) is 17.7. The zero-order chi connectivity index (χ0) is 22.7. The molecule has 2 fully saturated rings. The lowest BCUT2D eigenvalue weighted by Crippen LogP contribution is -2.29. The fraction of sp³-hybridized carbons (Fsp3) is 0.333. The number of ether oxygens (including phenoxy) is 1. The molecule has 0 aromatic heterocycles. The lowest BCUT2D eigenvalue weighted by Gasteiger charge is -2.16. The van der Waals surface area contributed by atoms with Crippen molar-refractivity contribution in [2.45, 2.75) is 32.2 Å². The predicted octanol–water partition coefficient (Wildman–Crippen LogP) is 2.42. The second-order valence-corrected chi connectivity index (χ2v) is 8.19. The first kappa shape index (κ1) is 21.5. The fourth-order valence-corrected chi connectivity index (χ4v) is 3.56. The Balaban J connectivity index is 1.30. The monoisotopic (exact) mass is 435 g/mol. The van der Waals surface area contributed by atoms with E-state index in [0.29, 0.717) is 11.3 Å². The van der Waals surface area contributed by atoms with E-state index in [9.17, 15) is 19.2 Å². The van der Waals surface area contributed by atoms with Crippen molar-refractivity contribution in [3.05, 3.63) is 59.7 Å². The number of carbonyl (C=O) groups excluding carboxylic acids is 4. The summed E-state index contributed by atoms with van der Waals surface area (Å²) < 4.78 is 5.16. The van der Waals surface area contributed by atoms with Crippen LogP contribution in [0.15, 0.2) is 48.5 Å². The highest BCUT2D eigenvalue weighted by Gasteiger charge is 2.36. The molecule has 4 rings (SSSR count). The summed E-state index contributed by atoms with van der Waals surface area (Å²) in [4.78, 5) is 51.0. The van der Waals surface area contributed by atoms with Crippen molar-refractivity contribution in [2.75, 3.05) is 23.4 Å². The number of amides is 3. The number of hydrogen-bond donors (Lipinski definition) is 2. The van der Waals surface area contributed by atoms with Crippen LogP contribution in [-0.4, -0.2) is 42.9 Å². The molecule has 0 bridgehead atoms. The quantitative estimate of drug-likeness (QED) is 0.650. The van der Waals surface area contributed by atoms with E-state index in [1.165, 1.54) is 0 Å². The number of carbonyl (C=O) groups is 4. The van der Waals surface area contributed by atoms with Crippen molar-refractivity contribution < 1.29 is 23.9 Å². The Hall–Kier alpha value is -3.68. The van der Waals surface area contributed by atoms with Crippen molar-refractivity contribution in [3.63, 3.8) is 0 Å². The Kier molecular flexibility index (Phi) is 6.20. The number of para-hydroxylation sites is 1. The highest BCUT2D eigenvalue weighted by molar-refractivity contribution is 6.04.